The van der Waals surface area contributed by atoms with Gasteiger partial charge in [0.1, 0.15) is 5.75 Å². The highest BCUT2D eigenvalue weighted by molar-refractivity contribution is 5.85. The summed E-state index contributed by atoms with van der Waals surface area (Å²) in [5.41, 5.74) is 2.39. The van der Waals surface area contributed by atoms with E-state index in [4.69, 9.17) is 4.74 Å². The fourth-order valence-corrected chi connectivity index (χ4v) is 2.51. The molecule has 3 heteroatoms. The Hall–Kier alpha value is -1.51. The molecule has 1 aliphatic rings. The van der Waals surface area contributed by atoms with Gasteiger partial charge in [-0.25, -0.2) is 0 Å². The molecule has 1 heterocycles. The molecule has 1 N–H and O–H groups in total. The predicted octanol–water partition coefficient (Wildman–Crippen LogP) is 3.76. The van der Waals surface area contributed by atoms with Gasteiger partial charge in [-0.1, -0.05) is 48.5 Å². The van der Waals surface area contributed by atoms with Crippen molar-refractivity contribution in [1.82, 2.24) is 5.32 Å². The summed E-state index contributed by atoms with van der Waals surface area (Å²) in [6.07, 6.45) is 1.22. The lowest BCUT2D eigenvalue weighted by Gasteiger charge is -2.14. The molecule has 0 bridgehead atoms. The first-order valence-electron chi connectivity index (χ1n) is 6.91. The van der Waals surface area contributed by atoms with E-state index in [-0.39, 0.29) is 12.4 Å². The molecule has 0 amide bonds. The number of rotatable bonds is 4. The molecule has 1 atom stereocenters. The van der Waals surface area contributed by atoms with Gasteiger partial charge in [0.25, 0.3) is 0 Å². The van der Waals surface area contributed by atoms with Crippen LogP contribution in [0.1, 0.15) is 6.42 Å². The Morgan fingerprint density at radius 1 is 1.00 bits per heavy atom. The summed E-state index contributed by atoms with van der Waals surface area (Å²) >= 11 is 0. The number of hydrogen-bond acceptors (Lipinski definition) is 2. The van der Waals surface area contributed by atoms with Gasteiger partial charge in [0.05, 0.1) is 6.61 Å². The average molecular weight is 290 g/mol. The number of ether oxygens (including phenoxy) is 1. The number of benzene rings is 2. The van der Waals surface area contributed by atoms with E-state index >= 15 is 0 Å². The van der Waals surface area contributed by atoms with Crippen LogP contribution in [0.25, 0.3) is 11.1 Å². The normalized spacial score (nSPS) is 17.5. The van der Waals surface area contributed by atoms with E-state index in [9.17, 15) is 0 Å². The highest BCUT2D eigenvalue weighted by atomic mass is 35.5. The van der Waals surface area contributed by atoms with Crippen molar-refractivity contribution >= 4 is 12.4 Å². The smallest absolute Gasteiger partial charge is 0.127 e. The maximum absolute atomic E-state index is 6.04. The maximum atomic E-state index is 6.04. The molecule has 2 aromatic rings. The van der Waals surface area contributed by atoms with Gasteiger partial charge < -0.3 is 10.1 Å². The van der Waals surface area contributed by atoms with E-state index in [0.717, 1.165) is 25.4 Å². The third-order valence-corrected chi connectivity index (χ3v) is 3.61. The van der Waals surface area contributed by atoms with Crippen LogP contribution in [0.15, 0.2) is 54.6 Å². The molecule has 1 saturated heterocycles. The summed E-state index contributed by atoms with van der Waals surface area (Å²) in [6, 6.07) is 18.7. The summed E-state index contributed by atoms with van der Waals surface area (Å²) < 4.78 is 6.04. The van der Waals surface area contributed by atoms with Gasteiger partial charge in [-0.3, -0.25) is 0 Å². The second-order valence-electron chi connectivity index (χ2n) is 5.03. The van der Waals surface area contributed by atoms with E-state index in [1.165, 1.54) is 17.5 Å². The Balaban J connectivity index is 0.00000147. The molecule has 3 rings (SSSR count). The summed E-state index contributed by atoms with van der Waals surface area (Å²) in [4.78, 5) is 0. The lowest BCUT2D eigenvalue weighted by Crippen LogP contribution is -2.15. The van der Waals surface area contributed by atoms with Gasteiger partial charge in [-0.05, 0) is 24.6 Å². The third kappa shape index (κ3) is 3.53. The van der Waals surface area contributed by atoms with Gasteiger partial charge in [0.2, 0.25) is 0 Å². The van der Waals surface area contributed by atoms with Gasteiger partial charge in [-0.15, -0.1) is 12.4 Å². The van der Waals surface area contributed by atoms with Crippen molar-refractivity contribution in [3.63, 3.8) is 0 Å². The fourth-order valence-electron chi connectivity index (χ4n) is 2.51. The minimum absolute atomic E-state index is 0. The van der Waals surface area contributed by atoms with E-state index in [1.807, 2.05) is 12.1 Å². The first-order valence-corrected chi connectivity index (χ1v) is 6.91. The van der Waals surface area contributed by atoms with Crippen molar-refractivity contribution in [2.75, 3.05) is 19.7 Å². The van der Waals surface area contributed by atoms with Crippen molar-refractivity contribution < 1.29 is 4.74 Å². The standard InChI is InChI=1S/C17H19NO.ClH/c1-2-6-15(7-3-1)16-8-4-5-9-17(16)19-13-14-10-11-18-12-14;/h1-9,14,18H,10-13H2;1H. The van der Waals surface area contributed by atoms with Crippen LogP contribution in [-0.2, 0) is 0 Å². The molecule has 2 nitrogen and oxygen atoms in total. The summed E-state index contributed by atoms with van der Waals surface area (Å²) in [7, 11) is 0. The highest BCUT2D eigenvalue weighted by Gasteiger charge is 2.15. The average Bonchev–Trinajstić information content (AvgIpc) is 3.00. The minimum Gasteiger partial charge on any atom is -0.493 e. The molecule has 20 heavy (non-hydrogen) atoms. The molecule has 106 valence electrons. The molecule has 0 aromatic heterocycles. The summed E-state index contributed by atoms with van der Waals surface area (Å²) in [5.74, 6) is 1.63. The topological polar surface area (TPSA) is 21.3 Å². The molecule has 0 radical (unpaired) electrons. The molecule has 0 spiro atoms. The van der Waals surface area contributed by atoms with Crippen LogP contribution in [-0.4, -0.2) is 19.7 Å². The van der Waals surface area contributed by atoms with Crippen LogP contribution in [0, 0.1) is 5.92 Å². The zero-order valence-electron chi connectivity index (χ0n) is 11.4. The molecule has 2 aromatic carbocycles. The molecule has 1 unspecified atom stereocenters. The van der Waals surface area contributed by atoms with Crippen LogP contribution in [0.4, 0.5) is 0 Å². The summed E-state index contributed by atoms with van der Waals surface area (Å²) in [5, 5.41) is 3.37. The van der Waals surface area contributed by atoms with Crippen molar-refractivity contribution in [3.05, 3.63) is 54.6 Å². The maximum Gasteiger partial charge on any atom is 0.127 e. The van der Waals surface area contributed by atoms with Crippen LogP contribution in [0.3, 0.4) is 0 Å². The monoisotopic (exact) mass is 289 g/mol. The highest BCUT2D eigenvalue weighted by Crippen LogP contribution is 2.30. The Morgan fingerprint density at radius 2 is 1.75 bits per heavy atom. The van der Waals surface area contributed by atoms with Crippen molar-refractivity contribution in [2.24, 2.45) is 5.92 Å². The van der Waals surface area contributed by atoms with Gasteiger partial charge >= 0.3 is 0 Å². The second-order valence-corrected chi connectivity index (χ2v) is 5.03. The number of nitrogens with one attached hydrogen (secondary N) is 1. The Morgan fingerprint density at radius 3 is 2.50 bits per heavy atom. The lowest BCUT2D eigenvalue weighted by molar-refractivity contribution is 0.261. The molecule has 0 aliphatic carbocycles. The van der Waals surface area contributed by atoms with Crippen molar-refractivity contribution in [3.8, 4) is 16.9 Å². The van der Waals surface area contributed by atoms with E-state index in [0.29, 0.717) is 5.92 Å². The molecule has 1 fully saturated rings. The largest absolute Gasteiger partial charge is 0.493 e. The Bertz CT molecular complexity index is 524. The Labute approximate surface area is 126 Å². The van der Waals surface area contributed by atoms with E-state index in [2.05, 4.69) is 47.8 Å². The third-order valence-electron chi connectivity index (χ3n) is 3.61. The first kappa shape index (κ1) is 14.9. The molecular formula is C17H20ClNO. The minimum atomic E-state index is 0. The van der Waals surface area contributed by atoms with Gasteiger partial charge in [-0.2, -0.15) is 0 Å². The Kier molecular flexibility index (Phi) is 5.45. The van der Waals surface area contributed by atoms with E-state index < -0.39 is 0 Å². The van der Waals surface area contributed by atoms with Crippen molar-refractivity contribution in [1.29, 1.82) is 0 Å². The van der Waals surface area contributed by atoms with Crippen molar-refractivity contribution in [2.45, 2.75) is 6.42 Å². The fraction of sp³-hybridized carbons (Fsp3) is 0.294. The molecular weight excluding hydrogens is 270 g/mol. The van der Waals surface area contributed by atoms with Gasteiger partial charge in [0, 0.05) is 18.0 Å². The van der Waals surface area contributed by atoms with Crippen LogP contribution < -0.4 is 10.1 Å². The molecule has 1 aliphatic heterocycles. The SMILES string of the molecule is Cl.c1ccc(-c2ccccc2OCC2CCNC2)cc1. The quantitative estimate of drug-likeness (QED) is 0.925. The number of hydrogen-bond donors (Lipinski definition) is 1. The van der Waals surface area contributed by atoms with Gasteiger partial charge in [0.15, 0.2) is 0 Å². The van der Waals surface area contributed by atoms with Crippen LogP contribution >= 0.6 is 12.4 Å². The second kappa shape index (κ2) is 7.32. The zero-order chi connectivity index (χ0) is 12.9. The lowest BCUT2D eigenvalue weighted by atomic mass is 10.0. The van der Waals surface area contributed by atoms with Crippen LogP contribution in [0.2, 0.25) is 0 Å². The summed E-state index contributed by atoms with van der Waals surface area (Å²) in [6.45, 7) is 3.00. The number of para-hydroxylation sites is 1. The predicted molar refractivity (Wildman–Crippen MR) is 85.6 cm³/mol. The molecule has 0 saturated carbocycles. The number of halogens is 1. The van der Waals surface area contributed by atoms with Crippen LogP contribution in [0.5, 0.6) is 5.75 Å². The zero-order valence-corrected chi connectivity index (χ0v) is 12.2. The van der Waals surface area contributed by atoms with E-state index in [1.54, 1.807) is 0 Å². The first-order chi connectivity index (χ1) is 9.43.